The maximum absolute atomic E-state index is 10.4. The zero-order chi connectivity index (χ0) is 12.0. The Kier molecular flexibility index (Phi) is 5.11. The van der Waals surface area contributed by atoms with Crippen LogP contribution in [0.5, 0.6) is 0 Å². The number of allylic oxidation sites excluding steroid dienone is 4. The molecular weight excluding hydrogens is 196 g/mol. The SMILES string of the molecule is CCCCC1=C(O)C(C)(CCCC)CC=C1. The number of hydrogen-bond acceptors (Lipinski definition) is 1. The lowest BCUT2D eigenvalue weighted by Crippen LogP contribution is -2.22. The average molecular weight is 222 g/mol. The van der Waals surface area contributed by atoms with Gasteiger partial charge in [-0.2, -0.15) is 0 Å². The highest BCUT2D eigenvalue weighted by molar-refractivity contribution is 5.30. The van der Waals surface area contributed by atoms with E-state index >= 15 is 0 Å². The van der Waals surface area contributed by atoms with Crippen molar-refractivity contribution in [1.82, 2.24) is 0 Å². The van der Waals surface area contributed by atoms with Gasteiger partial charge in [0.2, 0.25) is 0 Å². The largest absolute Gasteiger partial charge is 0.511 e. The van der Waals surface area contributed by atoms with Gasteiger partial charge in [-0.1, -0.05) is 52.2 Å². The molecule has 0 heterocycles. The smallest absolute Gasteiger partial charge is 0.102 e. The van der Waals surface area contributed by atoms with Crippen LogP contribution in [-0.4, -0.2) is 5.11 Å². The lowest BCUT2D eigenvalue weighted by Gasteiger charge is -2.32. The second-order valence-corrected chi connectivity index (χ2v) is 5.25. The molecule has 1 atom stereocenters. The van der Waals surface area contributed by atoms with E-state index in [9.17, 15) is 5.11 Å². The molecule has 0 amide bonds. The fraction of sp³-hybridized carbons (Fsp3) is 0.733. The van der Waals surface area contributed by atoms with Gasteiger partial charge in [0, 0.05) is 5.41 Å². The summed E-state index contributed by atoms with van der Waals surface area (Å²) in [5.41, 5.74) is 1.18. The van der Waals surface area contributed by atoms with E-state index in [4.69, 9.17) is 0 Å². The summed E-state index contributed by atoms with van der Waals surface area (Å²) in [6.45, 7) is 6.61. The number of aliphatic hydroxyl groups is 1. The maximum Gasteiger partial charge on any atom is 0.102 e. The third kappa shape index (κ3) is 3.13. The molecular formula is C15H26O. The van der Waals surface area contributed by atoms with Crippen molar-refractivity contribution < 1.29 is 5.11 Å². The van der Waals surface area contributed by atoms with Gasteiger partial charge in [0.05, 0.1) is 0 Å². The molecule has 0 radical (unpaired) electrons. The number of unbranched alkanes of at least 4 members (excludes halogenated alkanes) is 2. The number of aliphatic hydroxyl groups excluding tert-OH is 1. The van der Waals surface area contributed by atoms with E-state index in [1.165, 1.54) is 31.3 Å². The van der Waals surface area contributed by atoms with Gasteiger partial charge in [-0.25, -0.2) is 0 Å². The standard InChI is InChI=1S/C15H26O/c1-4-6-9-13-10-8-12-15(3,14(13)16)11-7-5-2/h8,10,16H,4-7,9,11-12H2,1-3H3. The van der Waals surface area contributed by atoms with Crippen LogP contribution in [-0.2, 0) is 0 Å². The summed E-state index contributed by atoms with van der Waals surface area (Å²) in [5, 5.41) is 10.4. The predicted octanol–water partition coefficient (Wildman–Crippen LogP) is 5.15. The van der Waals surface area contributed by atoms with E-state index in [1.54, 1.807) is 0 Å². The number of rotatable bonds is 6. The first-order valence-electron chi connectivity index (χ1n) is 6.73. The van der Waals surface area contributed by atoms with Gasteiger partial charge in [0.15, 0.2) is 0 Å². The Hall–Kier alpha value is -0.720. The van der Waals surface area contributed by atoms with E-state index in [0.717, 1.165) is 19.3 Å². The van der Waals surface area contributed by atoms with E-state index < -0.39 is 0 Å². The molecule has 1 heteroatoms. The molecule has 0 aromatic rings. The molecule has 0 fully saturated rings. The first kappa shape index (κ1) is 13.3. The summed E-state index contributed by atoms with van der Waals surface area (Å²) in [4.78, 5) is 0. The monoisotopic (exact) mass is 222 g/mol. The summed E-state index contributed by atoms with van der Waals surface area (Å²) >= 11 is 0. The quantitative estimate of drug-likeness (QED) is 0.659. The summed E-state index contributed by atoms with van der Waals surface area (Å²) in [5.74, 6) is 0.664. The highest BCUT2D eigenvalue weighted by Gasteiger charge is 2.31. The van der Waals surface area contributed by atoms with E-state index in [2.05, 4.69) is 32.9 Å². The highest BCUT2D eigenvalue weighted by atomic mass is 16.3. The normalized spacial score (nSPS) is 25.2. The van der Waals surface area contributed by atoms with Gasteiger partial charge >= 0.3 is 0 Å². The van der Waals surface area contributed by atoms with Crippen molar-refractivity contribution in [3.63, 3.8) is 0 Å². The predicted molar refractivity (Wildman–Crippen MR) is 70.6 cm³/mol. The first-order chi connectivity index (χ1) is 7.64. The van der Waals surface area contributed by atoms with E-state index in [-0.39, 0.29) is 5.41 Å². The summed E-state index contributed by atoms with van der Waals surface area (Å²) in [7, 11) is 0. The molecule has 0 spiro atoms. The van der Waals surface area contributed by atoms with Gasteiger partial charge in [-0.15, -0.1) is 0 Å². The van der Waals surface area contributed by atoms with E-state index in [1.807, 2.05) is 0 Å². The Labute approximate surface area is 100 Å². The molecule has 0 aromatic carbocycles. The second-order valence-electron chi connectivity index (χ2n) is 5.25. The molecule has 1 rings (SSSR count). The summed E-state index contributed by atoms with van der Waals surface area (Å²) in [6, 6.07) is 0. The van der Waals surface area contributed by atoms with Crippen LogP contribution >= 0.6 is 0 Å². The fourth-order valence-electron chi connectivity index (χ4n) is 2.38. The Morgan fingerprint density at radius 1 is 1.25 bits per heavy atom. The molecule has 0 saturated carbocycles. The molecule has 0 aromatic heterocycles. The third-order valence-corrected chi connectivity index (χ3v) is 3.65. The van der Waals surface area contributed by atoms with Gasteiger partial charge < -0.3 is 5.11 Å². The Morgan fingerprint density at radius 2 is 1.94 bits per heavy atom. The van der Waals surface area contributed by atoms with Gasteiger partial charge in [-0.05, 0) is 31.3 Å². The summed E-state index contributed by atoms with van der Waals surface area (Å²) in [6.07, 6.45) is 12.3. The van der Waals surface area contributed by atoms with Crippen molar-refractivity contribution >= 4 is 0 Å². The molecule has 0 bridgehead atoms. The molecule has 1 N–H and O–H groups in total. The fourth-order valence-corrected chi connectivity index (χ4v) is 2.38. The molecule has 0 saturated heterocycles. The Balaban J connectivity index is 2.73. The number of hydrogen-bond donors (Lipinski definition) is 1. The van der Waals surface area contributed by atoms with Crippen molar-refractivity contribution in [2.75, 3.05) is 0 Å². The zero-order valence-corrected chi connectivity index (χ0v) is 11.1. The minimum absolute atomic E-state index is 0.00777. The lowest BCUT2D eigenvalue weighted by atomic mass is 9.75. The van der Waals surface area contributed by atoms with E-state index in [0.29, 0.717) is 5.76 Å². The van der Waals surface area contributed by atoms with Crippen LogP contribution in [0.3, 0.4) is 0 Å². The third-order valence-electron chi connectivity index (χ3n) is 3.65. The molecule has 0 aliphatic heterocycles. The van der Waals surface area contributed by atoms with Crippen LogP contribution in [0.4, 0.5) is 0 Å². The van der Waals surface area contributed by atoms with Crippen molar-refractivity contribution in [3.8, 4) is 0 Å². The van der Waals surface area contributed by atoms with Gasteiger partial charge in [0.25, 0.3) is 0 Å². The van der Waals surface area contributed by atoms with Crippen LogP contribution < -0.4 is 0 Å². The van der Waals surface area contributed by atoms with Crippen molar-refractivity contribution in [2.45, 2.75) is 65.7 Å². The van der Waals surface area contributed by atoms with Crippen molar-refractivity contribution in [1.29, 1.82) is 0 Å². The van der Waals surface area contributed by atoms with Crippen LogP contribution in [0, 0.1) is 5.41 Å². The first-order valence-corrected chi connectivity index (χ1v) is 6.73. The topological polar surface area (TPSA) is 20.2 Å². The molecule has 1 unspecified atom stereocenters. The molecule has 1 nitrogen and oxygen atoms in total. The Morgan fingerprint density at radius 3 is 2.56 bits per heavy atom. The highest BCUT2D eigenvalue weighted by Crippen LogP contribution is 2.41. The molecule has 16 heavy (non-hydrogen) atoms. The van der Waals surface area contributed by atoms with Crippen LogP contribution in [0.15, 0.2) is 23.5 Å². The maximum atomic E-state index is 10.4. The molecule has 1 aliphatic carbocycles. The van der Waals surface area contributed by atoms with Crippen LogP contribution in [0.2, 0.25) is 0 Å². The average Bonchev–Trinajstić information content (AvgIpc) is 2.29. The molecule has 92 valence electrons. The minimum atomic E-state index is 0.00777. The van der Waals surface area contributed by atoms with Crippen molar-refractivity contribution in [2.24, 2.45) is 5.41 Å². The Bertz CT molecular complexity index is 275. The minimum Gasteiger partial charge on any atom is -0.511 e. The van der Waals surface area contributed by atoms with Gasteiger partial charge in [-0.3, -0.25) is 0 Å². The zero-order valence-electron chi connectivity index (χ0n) is 11.1. The van der Waals surface area contributed by atoms with Crippen molar-refractivity contribution in [3.05, 3.63) is 23.5 Å². The van der Waals surface area contributed by atoms with Crippen LogP contribution in [0.25, 0.3) is 0 Å². The molecule has 1 aliphatic rings. The van der Waals surface area contributed by atoms with Gasteiger partial charge in [0.1, 0.15) is 5.76 Å². The lowest BCUT2D eigenvalue weighted by molar-refractivity contribution is 0.212. The van der Waals surface area contributed by atoms with Crippen LogP contribution in [0.1, 0.15) is 65.7 Å². The second kappa shape index (κ2) is 6.12. The summed E-state index contributed by atoms with van der Waals surface area (Å²) < 4.78 is 0.